The number of halogens is 1. The van der Waals surface area contributed by atoms with E-state index in [0.29, 0.717) is 12.1 Å². The normalized spacial score (nSPS) is 22.2. The maximum absolute atomic E-state index is 5.99. The number of hydrogen-bond donors (Lipinski definition) is 1. The first-order valence-corrected chi connectivity index (χ1v) is 7.63. The second kappa shape index (κ2) is 5.27. The fourth-order valence-corrected chi connectivity index (χ4v) is 3.40. The Morgan fingerprint density at radius 2 is 2.32 bits per heavy atom. The summed E-state index contributed by atoms with van der Waals surface area (Å²) in [5.41, 5.74) is 6.81. The van der Waals surface area contributed by atoms with Gasteiger partial charge in [-0.2, -0.15) is 0 Å². The van der Waals surface area contributed by atoms with Gasteiger partial charge in [-0.15, -0.1) is 0 Å². The van der Waals surface area contributed by atoms with Crippen LogP contribution in [-0.4, -0.2) is 24.0 Å². The van der Waals surface area contributed by atoms with Crippen molar-refractivity contribution in [2.24, 2.45) is 5.73 Å². The summed E-state index contributed by atoms with van der Waals surface area (Å²) in [5.74, 6) is 1.04. The molecule has 3 rings (SSSR count). The van der Waals surface area contributed by atoms with E-state index >= 15 is 0 Å². The van der Waals surface area contributed by atoms with Crippen molar-refractivity contribution in [2.75, 3.05) is 13.1 Å². The molecule has 1 aromatic heterocycles. The van der Waals surface area contributed by atoms with Crippen LogP contribution in [0.5, 0.6) is 0 Å². The number of benzene rings is 1. The number of fused-ring (bicyclic) bond motifs is 1. The number of hydrogen-bond acceptors (Lipinski definition) is 3. The number of nitrogens with two attached hydrogens (primary N) is 1. The lowest BCUT2D eigenvalue weighted by Crippen LogP contribution is -2.37. The molecule has 102 valence electrons. The molecule has 4 heteroatoms. The van der Waals surface area contributed by atoms with Crippen LogP contribution in [0.3, 0.4) is 0 Å². The van der Waals surface area contributed by atoms with E-state index < -0.39 is 0 Å². The average molecular weight is 323 g/mol. The topological polar surface area (TPSA) is 42.4 Å². The maximum atomic E-state index is 5.99. The lowest BCUT2D eigenvalue weighted by Gasteiger charge is -2.28. The highest BCUT2D eigenvalue weighted by molar-refractivity contribution is 9.10. The van der Waals surface area contributed by atoms with Crippen LogP contribution >= 0.6 is 15.9 Å². The summed E-state index contributed by atoms with van der Waals surface area (Å²) in [6, 6.07) is 9.06. The van der Waals surface area contributed by atoms with Crippen LogP contribution in [0.25, 0.3) is 11.0 Å². The summed E-state index contributed by atoms with van der Waals surface area (Å²) in [5, 5.41) is 1.15. The van der Waals surface area contributed by atoms with Gasteiger partial charge in [-0.3, -0.25) is 4.90 Å². The summed E-state index contributed by atoms with van der Waals surface area (Å²) in [6.45, 7) is 4.06. The Morgan fingerprint density at radius 3 is 3.11 bits per heavy atom. The molecule has 1 aromatic carbocycles. The van der Waals surface area contributed by atoms with E-state index in [1.165, 1.54) is 12.8 Å². The molecule has 1 saturated heterocycles. The van der Waals surface area contributed by atoms with E-state index in [2.05, 4.69) is 39.9 Å². The van der Waals surface area contributed by atoms with Gasteiger partial charge in [-0.05, 0) is 50.6 Å². The van der Waals surface area contributed by atoms with E-state index in [9.17, 15) is 0 Å². The molecule has 0 saturated carbocycles. The van der Waals surface area contributed by atoms with Crippen molar-refractivity contribution in [3.05, 3.63) is 34.5 Å². The van der Waals surface area contributed by atoms with Crippen molar-refractivity contribution in [3.8, 4) is 0 Å². The summed E-state index contributed by atoms with van der Waals surface area (Å²) >= 11 is 3.50. The largest absolute Gasteiger partial charge is 0.459 e. The van der Waals surface area contributed by atoms with E-state index in [-0.39, 0.29) is 0 Å². The first-order chi connectivity index (χ1) is 9.19. The van der Waals surface area contributed by atoms with Crippen LogP contribution in [0, 0.1) is 0 Å². The molecular weight excluding hydrogens is 304 g/mol. The van der Waals surface area contributed by atoms with Crippen molar-refractivity contribution in [1.82, 2.24) is 4.90 Å². The maximum Gasteiger partial charge on any atom is 0.134 e. The summed E-state index contributed by atoms with van der Waals surface area (Å²) in [4.78, 5) is 2.47. The van der Waals surface area contributed by atoms with Gasteiger partial charge in [0.25, 0.3) is 0 Å². The molecule has 0 bridgehead atoms. The van der Waals surface area contributed by atoms with Crippen molar-refractivity contribution in [2.45, 2.75) is 31.8 Å². The molecule has 0 amide bonds. The van der Waals surface area contributed by atoms with Crippen LogP contribution < -0.4 is 5.73 Å². The molecule has 1 aliphatic rings. The van der Waals surface area contributed by atoms with Crippen LogP contribution in [0.15, 0.2) is 33.2 Å². The van der Waals surface area contributed by atoms with Crippen molar-refractivity contribution < 1.29 is 4.42 Å². The number of nitrogens with zero attached hydrogens (tertiary/aromatic N) is 1. The highest BCUT2D eigenvalue weighted by Gasteiger charge is 2.29. The average Bonchev–Trinajstić information content (AvgIpc) is 3.03. The zero-order valence-electron chi connectivity index (χ0n) is 11.1. The second-order valence-corrected chi connectivity index (χ2v) is 6.19. The van der Waals surface area contributed by atoms with Gasteiger partial charge in [-0.1, -0.05) is 15.9 Å². The smallest absolute Gasteiger partial charge is 0.134 e. The molecule has 0 radical (unpaired) electrons. The Labute approximate surface area is 121 Å². The molecule has 1 aliphatic heterocycles. The Bertz CT molecular complexity index is 581. The van der Waals surface area contributed by atoms with Crippen molar-refractivity contribution in [1.29, 1.82) is 0 Å². The Balaban J connectivity index is 1.90. The lowest BCUT2D eigenvalue weighted by molar-refractivity contribution is 0.178. The Hall–Kier alpha value is -0.840. The molecule has 2 heterocycles. The zero-order chi connectivity index (χ0) is 13.4. The van der Waals surface area contributed by atoms with Crippen molar-refractivity contribution in [3.63, 3.8) is 0 Å². The number of rotatable bonds is 3. The zero-order valence-corrected chi connectivity index (χ0v) is 12.7. The minimum atomic E-state index is 0.294. The molecule has 0 aliphatic carbocycles. The van der Waals surface area contributed by atoms with Crippen LogP contribution in [0.4, 0.5) is 0 Å². The highest BCUT2D eigenvalue weighted by Crippen LogP contribution is 2.32. The Morgan fingerprint density at radius 1 is 1.47 bits per heavy atom. The standard InChI is InChI=1S/C15H19BrN2O/c1-10(18-6-2-3-13(18)9-17)15-8-11-7-12(16)4-5-14(11)19-15/h4-5,7-8,10,13H,2-3,6,9,17H2,1H3. The van der Waals surface area contributed by atoms with Gasteiger partial charge in [0.05, 0.1) is 6.04 Å². The summed E-state index contributed by atoms with van der Waals surface area (Å²) < 4.78 is 7.07. The lowest BCUT2D eigenvalue weighted by atomic mass is 10.1. The first kappa shape index (κ1) is 13.2. The predicted octanol–water partition coefficient (Wildman–Crippen LogP) is 3.68. The third-order valence-corrected chi connectivity index (χ3v) is 4.59. The molecule has 2 aromatic rings. The van der Waals surface area contributed by atoms with Gasteiger partial charge in [-0.25, -0.2) is 0 Å². The molecule has 0 spiro atoms. The summed E-state index contributed by atoms with van der Waals surface area (Å²) in [6.07, 6.45) is 2.44. The SMILES string of the molecule is CC(c1cc2cc(Br)ccc2o1)N1CCCC1CN. The molecule has 3 nitrogen and oxygen atoms in total. The van der Waals surface area contributed by atoms with Gasteiger partial charge >= 0.3 is 0 Å². The van der Waals surface area contributed by atoms with Crippen LogP contribution in [-0.2, 0) is 0 Å². The van der Waals surface area contributed by atoms with Crippen LogP contribution in [0.1, 0.15) is 31.6 Å². The minimum absolute atomic E-state index is 0.294. The molecule has 19 heavy (non-hydrogen) atoms. The van der Waals surface area contributed by atoms with Crippen LogP contribution in [0.2, 0.25) is 0 Å². The van der Waals surface area contributed by atoms with Crippen molar-refractivity contribution >= 4 is 26.9 Å². The Kier molecular flexibility index (Phi) is 3.65. The molecule has 2 N–H and O–H groups in total. The van der Waals surface area contributed by atoms with E-state index in [1.54, 1.807) is 0 Å². The summed E-state index contributed by atoms with van der Waals surface area (Å²) in [7, 11) is 0. The second-order valence-electron chi connectivity index (χ2n) is 5.28. The first-order valence-electron chi connectivity index (χ1n) is 6.84. The highest BCUT2D eigenvalue weighted by atomic mass is 79.9. The van der Waals surface area contributed by atoms with Gasteiger partial charge < -0.3 is 10.2 Å². The fourth-order valence-electron chi connectivity index (χ4n) is 3.03. The van der Waals surface area contributed by atoms with E-state index in [1.807, 2.05) is 12.1 Å². The molecule has 2 unspecified atom stereocenters. The predicted molar refractivity (Wildman–Crippen MR) is 81.1 cm³/mol. The molecular formula is C15H19BrN2O. The van der Waals surface area contributed by atoms with Gasteiger partial charge in [0, 0.05) is 22.4 Å². The van der Waals surface area contributed by atoms with Gasteiger partial charge in [0.1, 0.15) is 11.3 Å². The van der Waals surface area contributed by atoms with E-state index in [4.69, 9.17) is 10.2 Å². The quantitative estimate of drug-likeness (QED) is 0.937. The monoisotopic (exact) mass is 322 g/mol. The third-order valence-electron chi connectivity index (χ3n) is 4.10. The molecule has 1 fully saturated rings. The van der Waals surface area contributed by atoms with Gasteiger partial charge in [0.15, 0.2) is 0 Å². The van der Waals surface area contributed by atoms with E-state index in [0.717, 1.165) is 34.3 Å². The molecule has 2 atom stereocenters. The third kappa shape index (κ3) is 2.45. The number of furan rings is 1. The fraction of sp³-hybridized carbons (Fsp3) is 0.467. The van der Waals surface area contributed by atoms with Gasteiger partial charge in [0.2, 0.25) is 0 Å². The number of likely N-dealkylation sites (tertiary alicyclic amines) is 1. The minimum Gasteiger partial charge on any atom is -0.459 e.